The van der Waals surface area contributed by atoms with Gasteiger partial charge in [0.2, 0.25) is 5.91 Å². The number of halogens is 1. The first-order chi connectivity index (χ1) is 16.6. The number of aromatic nitrogens is 6. The molecule has 0 unspecified atom stereocenters. The van der Waals surface area contributed by atoms with E-state index in [1.165, 1.54) is 18.2 Å². The number of hydrogen-bond acceptors (Lipinski definition) is 6. The number of rotatable bonds is 6. The molecule has 0 bridgehead atoms. The topological polar surface area (TPSA) is 90.5 Å². The summed E-state index contributed by atoms with van der Waals surface area (Å²) in [5.74, 6) is 1.96. The molecule has 1 amide bonds. The van der Waals surface area contributed by atoms with Crippen LogP contribution in [0.2, 0.25) is 5.02 Å². The number of nitrogens with zero attached hydrogens (tertiary/aromatic N) is 6. The highest BCUT2D eigenvalue weighted by Gasteiger charge is 2.17. The van der Waals surface area contributed by atoms with Crippen LogP contribution in [0.15, 0.2) is 53.9 Å². The molecule has 34 heavy (non-hydrogen) atoms. The first kappa shape index (κ1) is 22.6. The van der Waals surface area contributed by atoms with E-state index in [0.29, 0.717) is 10.2 Å². The predicted molar refractivity (Wildman–Crippen MR) is 133 cm³/mol. The van der Waals surface area contributed by atoms with E-state index >= 15 is 0 Å². The van der Waals surface area contributed by atoms with Crippen molar-refractivity contribution in [3.05, 3.63) is 65.2 Å². The average molecular weight is 494 g/mol. The molecular weight excluding hydrogens is 470 g/mol. The molecule has 0 aliphatic carbocycles. The Hall–Kier alpha value is -3.17. The molecule has 3 heterocycles. The van der Waals surface area contributed by atoms with Crippen LogP contribution in [0, 0.1) is 6.92 Å². The van der Waals surface area contributed by atoms with Crippen molar-refractivity contribution < 1.29 is 4.79 Å². The highest BCUT2D eigenvalue weighted by Crippen LogP contribution is 2.26. The smallest absolute Gasteiger partial charge is 0.234 e. The van der Waals surface area contributed by atoms with Crippen molar-refractivity contribution in [2.24, 2.45) is 0 Å². The van der Waals surface area contributed by atoms with Crippen LogP contribution in [0.25, 0.3) is 17.1 Å². The number of carbonyl (C=O) groups is 1. The van der Waals surface area contributed by atoms with E-state index in [9.17, 15) is 4.79 Å². The molecule has 174 valence electrons. The van der Waals surface area contributed by atoms with Crippen molar-refractivity contribution in [2.75, 3.05) is 11.1 Å². The van der Waals surface area contributed by atoms with Crippen LogP contribution >= 0.6 is 23.4 Å². The molecule has 8 nitrogen and oxygen atoms in total. The van der Waals surface area contributed by atoms with Gasteiger partial charge in [-0.2, -0.15) is 0 Å². The minimum Gasteiger partial charge on any atom is -0.325 e. The van der Waals surface area contributed by atoms with E-state index in [1.807, 2.05) is 54.0 Å². The second kappa shape index (κ2) is 9.99. The first-order valence-electron chi connectivity index (χ1n) is 11.2. The molecule has 1 aliphatic rings. The fourth-order valence-electron chi connectivity index (χ4n) is 3.99. The zero-order valence-electron chi connectivity index (χ0n) is 18.7. The van der Waals surface area contributed by atoms with E-state index in [2.05, 4.69) is 30.3 Å². The van der Waals surface area contributed by atoms with Gasteiger partial charge in [-0.15, -0.1) is 20.4 Å². The Morgan fingerprint density at radius 3 is 2.91 bits per heavy atom. The Morgan fingerprint density at radius 1 is 1.12 bits per heavy atom. The summed E-state index contributed by atoms with van der Waals surface area (Å²) in [4.78, 5) is 12.7. The Balaban J connectivity index is 1.26. The van der Waals surface area contributed by atoms with Gasteiger partial charge in [-0.1, -0.05) is 48.0 Å². The van der Waals surface area contributed by atoms with Crippen molar-refractivity contribution in [1.82, 2.24) is 29.5 Å². The second-order valence-corrected chi connectivity index (χ2v) is 9.59. The molecule has 0 radical (unpaired) electrons. The summed E-state index contributed by atoms with van der Waals surface area (Å²) < 4.78 is 4.02. The SMILES string of the molecule is Cc1ccc(-n2cnnc2SCC(=O)Nc2cccc(-c3nnc4n3CCCCC4)c2)cc1Cl. The van der Waals surface area contributed by atoms with Gasteiger partial charge >= 0.3 is 0 Å². The molecular formula is C24H24ClN7OS. The minimum atomic E-state index is -0.126. The molecule has 0 fully saturated rings. The standard InChI is InChI=1S/C24H24ClN7OS/c1-16-9-10-19(13-20(16)25)32-15-26-30-24(32)34-14-22(33)27-18-7-5-6-17(12-18)23-29-28-21-8-3-2-4-11-31(21)23/h5-7,9-10,12-13,15H,2-4,8,11,14H2,1H3,(H,27,33). The van der Waals surface area contributed by atoms with Crippen LogP contribution in [0.1, 0.15) is 30.7 Å². The van der Waals surface area contributed by atoms with E-state index in [1.54, 1.807) is 6.33 Å². The maximum absolute atomic E-state index is 12.7. The highest BCUT2D eigenvalue weighted by molar-refractivity contribution is 7.99. The van der Waals surface area contributed by atoms with Crippen LogP contribution < -0.4 is 5.32 Å². The lowest BCUT2D eigenvalue weighted by atomic mass is 10.2. The lowest BCUT2D eigenvalue weighted by Gasteiger charge is -2.10. The number of benzene rings is 2. The maximum atomic E-state index is 12.7. The lowest BCUT2D eigenvalue weighted by Crippen LogP contribution is -2.14. The highest BCUT2D eigenvalue weighted by atomic mass is 35.5. The quantitative estimate of drug-likeness (QED) is 0.382. The molecule has 1 N–H and O–H groups in total. The predicted octanol–water partition coefficient (Wildman–Crippen LogP) is 4.94. The molecule has 0 saturated heterocycles. The first-order valence-corrected chi connectivity index (χ1v) is 12.6. The third-order valence-corrected chi connectivity index (χ3v) is 7.15. The van der Waals surface area contributed by atoms with Gasteiger partial charge in [0.15, 0.2) is 11.0 Å². The summed E-state index contributed by atoms with van der Waals surface area (Å²) in [7, 11) is 0. The van der Waals surface area contributed by atoms with Crippen molar-refractivity contribution in [3.8, 4) is 17.1 Å². The van der Waals surface area contributed by atoms with Crippen molar-refractivity contribution in [3.63, 3.8) is 0 Å². The molecule has 0 atom stereocenters. The summed E-state index contributed by atoms with van der Waals surface area (Å²) >= 11 is 7.58. The fraction of sp³-hybridized carbons (Fsp3) is 0.292. The minimum absolute atomic E-state index is 0.126. The van der Waals surface area contributed by atoms with Crippen molar-refractivity contribution in [2.45, 2.75) is 44.3 Å². The summed E-state index contributed by atoms with van der Waals surface area (Å²) in [6.45, 7) is 2.88. The molecule has 2 aromatic carbocycles. The number of amides is 1. The van der Waals surface area contributed by atoms with Gasteiger partial charge < -0.3 is 9.88 Å². The second-order valence-electron chi connectivity index (χ2n) is 8.24. The van der Waals surface area contributed by atoms with E-state index in [0.717, 1.165) is 60.0 Å². The van der Waals surface area contributed by atoms with E-state index < -0.39 is 0 Å². The Morgan fingerprint density at radius 2 is 2.03 bits per heavy atom. The molecule has 5 rings (SSSR count). The summed E-state index contributed by atoms with van der Waals surface area (Å²) in [6, 6.07) is 13.5. The molecule has 4 aromatic rings. The maximum Gasteiger partial charge on any atom is 0.234 e. The zero-order valence-corrected chi connectivity index (χ0v) is 20.3. The van der Waals surface area contributed by atoms with Gasteiger partial charge in [0.05, 0.1) is 11.4 Å². The number of hydrogen-bond donors (Lipinski definition) is 1. The number of thioether (sulfide) groups is 1. The van der Waals surface area contributed by atoms with Gasteiger partial charge in [-0.05, 0) is 49.6 Å². The average Bonchev–Trinajstić information content (AvgIpc) is 3.40. The fourth-order valence-corrected chi connectivity index (χ4v) is 4.90. The third-order valence-electron chi connectivity index (χ3n) is 5.80. The van der Waals surface area contributed by atoms with Gasteiger partial charge in [0, 0.05) is 29.2 Å². The molecule has 0 spiro atoms. The molecule has 0 saturated carbocycles. The van der Waals surface area contributed by atoms with Crippen LogP contribution in [0.4, 0.5) is 5.69 Å². The van der Waals surface area contributed by atoms with E-state index in [4.69, 9.17) is 11.6 Å². The lowest BCUT2D eigenvalue weighted by molar-refractivity contribution is -0.113. The molecule has 2 aromatic heterocycles. The number of aryl methyl sites for hydroxylation is 2. The van der Waals surface area contributed by atoms with Crippen molar-refractivity contribution >= 4 is 35.0 Å². The number of carbonyl (C=O) groups excluding carboxylic acids is 1. The number of nitrogens with one attached hydrogen (secondary N) is 1. The zero-order chi connectivity index (χ0) is 23.5. The van der Waals surface area contributed by atoms with Crippen LogP contribution in [0.3, 0.4) is 0 Å². The molecule has 10 heteroatoms. The normalized spacial score (nSPS) is 13.4. The summed E-state index contributed by atoms with van der Waals surface area (Å²) in [5, 5.41) is 21.2. The van der Waals surface area contributed by atoms with Crippen molar-refractivity contribution in [1.29, 1.82) is 0 Å². The van der Waals surface area contributed by atoms with Crippen LogP contribution in [-0.4, -0.2) is 41.2 Å². The van der Waals surface area contributed by atoms with Crippen LogP contribution in [0.5, 0.6) is 0 Å². The van der Waals surface area contributed by atoms with Gasteiger partial charge in [-0.3, -0.25) is 9.36 Å². The third kappa shape index (κ3) is 4.85. The summed E-state index contributed by atoms with van der Waals surface area (Å²) in [5.41, 5.74) is 3.52. The largest absolute Gasteiger partial charge is 0.325 e. The van der Waals surface area contributed by atoms with E-state index in [-0.39, 0.29) is 11.7 Å². The summed E-state index contributed by atoms with van der Waals surface area (Å²) in [6.07, 6.45) is 6.06. The van der Waals surface area contributed by atoms with Gasteiger partial charge in [0.1, 0.15) is 12.2 Å². The Bertz CT molecular complexity index is 1330. The Labute approximate surface area is 206 Å². The molecule has 1 aliphatic heterocycles. The monoisotopic (exact) mass is 493 g/mol. The van der Waals surface area contributed by atoms with Crippen LogP contribution in [-0.2, 0) is 17.8 Å². The van der Waals surface area contributed by atoms with Gasteiger partial charge in [0.25, 0.3) is 0 Å². The number of anilines is 1. The van der Waals surface area contributed by atoms with Gasteiger partial charge in [-0.25, -0.2) is 0 Å². The Kier molecular flexibility index (Phi) is 6.64. The number of fused-ring (bicyclic) bond motifs is 1.